The Hall–Kier alpha value is -3.20. The summed E-state index contributed by atoms with van der Waals surface area (Å²) in [6.07, 6.45) is -0.855. The first-order chi connectivity index (χ1) is 17.3. The predicted octanol–water partition coefficient (Wildman–Crippen LogP) is 5.38. The maximum absolute atomic E-state index is 13.7. The number of halogens is 4. The molecule has 3 heterocycles. The van der Waals surface area contributed by atoms with Crippen LogP contribution in [0.15, 0.2) is 60.8 Å². The first-order valence-electron chi connectivity index (χ1n) is 12.3. The van der Waals surface area contributed by atoms with E-state index in [1.807, 2.05) is 23.1 Å². The molecule has 5 nitrogen and oxygen atoms in total. The van der Waals surface area contributed by atoms with Crippen LogP contribution in [0.3, 0.4) is 0 Å². The van der Waals surface area contributed by atoms with Crippen LogP contribution < -0.4 is 0 Å². The van der Waals surface area contributed by atoms with E-state index in [4.69, 9.17) is 0 Å². The van der Waals surface area contributed by atoms with Crippen molar-refractivity contribution in [1.82, 2.24) is 19.6 Å². The molecule has 9 heteroatoms. The summed E-state index contributed by atoms with van der Waals surface area (Å²) >= 11 is 0. The van der Waals surface area contributed by atoms with Crippen molar-refractivity contribution in [2.75, 3.05) is 32.7 Å². The van der Waals surface area contributed by atoms with Gasteiger partial charge in [-0.15, -0.1) is 0 Å². The minimum atomic E-state index is -4.24. The molecular weight excluding hydrogens is 472 g/mol. The number of hydrogen-bond donors (Lipinski definition) is 0. The summed E-state index contributed by atoms with van der Waals surface area (Å²) in [5.41, 5.74) is 2.99. The van der Waals surface area contributed by atoms with E-state index >= 15 is 0 Å². The second-order valence-electron chi connectivity index (χ2n) is 9.64. The van der Waals surface area contributed by atoms with Gasteiger partial charge in [-0.3, -0.25) is 9.69 Å². The summed E-state index contributed by atoms with van der Waals surface area (Å²) in [5.74, 6) is -0.368. The predicted molar refractivity (Wildman–Crippen MR) is 128 cm³/mol. The molecule has 0 N–H and O–H groups in total. The van der Waals surface area contributed by atoms with Crippen molar-refractivity contribution in [1.29, 1.82) is 0 Å². The van der Waals surface area contributed by atoms with Crippen molar-refractivity contribution < 1.29 is 22.4 Å². The van der Waals surface area contributed by atoms with E-state index in [0.717, 1.165) is 6.42 Å². The summed E-state index contributed by atoms with van der Waals surface area (Å²) in [6, 6.07) is 16.0. The Labute approximate surface area is 207 Å². The van der Waals surface area contributed by atoms with Crippen molar-refractivity contribution in [2.24, 2.45) is 0 Å². The van der Waals surface area contributed by atoms with E-state index in [1.54, 1.807) is 23.0 Å². The van der Waals surface area contributed by atoms with E-state index in [0.29, 0.717) is 42.9 Å². The number of alkyl halides is 3. The lowest BCUT2D eigenvalue weighted by Crippen LogP contribution is -2.40. The van der Waals surface area contributed by atoms with Gasteiger partial charge in [0.25, 0.3) is 5.91 Å². The molecule has 0 spiro atoms. The number of rotatable bonds is 5. The number of carbonyl (C=O) groups excluding carboxylic acids is 1. The van der Waals surface area contributed by atoms with Gasteiger partial charge in [0.15, 0.2) is 0 Å². The summed E-state index contributed by atoms with van der Waals surface area (Å²) in [4.78, 5) is 16.9. The highest BCUT2D eigenvalue weighted by Crippen LogP contribution is 2.35. The SMILES string of the molecule is O=C(c1cnn(-c2ccc(F)cc2)c1C1CCN(CC(F)(F)F)CC1)N1CC[C@H](c2ccccc2)C1. The third-order valence-corrected chi connectivity index (χ3v) is 7.23. The van der Waals surface area contributed by atoms with Crippen molar-refractivity contribution in [2.45, 2.75) is 37.3 Å². The summed E-state index contributed by atoms with van der Waals surface area (Å²) < 4.78 is 53.9. The lowest BCUT2D eigenvalue weighted by molar-refractivity contribution is -0.148. The molecule has 0 bridgehead atoms. The average molecular weight is 501 g/mol. The Morgan fingerprint density at radius 2 is 1.58 bits per heavy atom. The molecule has 1 aromatic heterocycles. The Balaban J connectivity index is 1.41. The van der Waals surface area contributed by atoms with Gasteiger partial charge in [0, 0.05) is 24.9 Å². The van der Waals surface area contributed by atoms with Crippen LogP contribution in [0.2, 0.25) is 0 Å². The van der Waals surface area contributed by atoms with Crippen LogP contribution in [0.1, 0.15) is 52.7 Å². The number of aromatic nitrogens is 2. The zero-order valence-electron chi connectivity index (χ0n) is 19.8. The van der Waals surface area contributed by atoms with Gasteiger partial charge in [0.05, 0.1) is 29.7 Å². The second kappa shape index (κ2) is 10.0. The van der Waals surface area contributed by atoms with Crippen LogP contribution in [0.4, 0.5) is 17.6 Å². The molecule has 2 fully saturated rings. The molecule has 3 aromatic rings. The van der Waals surface area contributed by atoms with E-state index in [1.165, 1.54) is 22.6 Å². The molecule has 0 radical (unpaired) electrons. The fraction of sp³-hybridized carbons (Fsp3) is 0.407. The topological polar surface area (TPSA) is 41.4 Å². The van der Waals surface area contributed by atoms with Gasteiger partial charge < -0.3 is 4.90 Å². The molecule has 2 aliphatic heterocycles. The number of likely N-dealkylation sites (tertiary alicyclic amines) is 2. The second-order valence-corrected chi connectivity index (χ2v) is 9.64. The van der Waals surface area contributed by atoms with Crippen molar-refractivity contribution in [3.63, 3.8) is 0 Å². The normalized spacial score (nSPS) is 19.7. The fourth-order valence-corrected chi connectivity index (χ4v) is 5.43. The van der Waals surface area contributed by atoms with Crippen LogP contribution in [0, 0.1) is 5.82 Å². The zero-order valence-corrected chi connectivity index (χ0v) is 19.8. The average Bonchev–Trinajstić information content (AvgIpc) is 3.53. The van der Waals surface area contributed by atoms with E-state index < -0.39 is 12.7 Å². The summed E-state index contributed by atoms with van der Waals surface area (Å²) in [6.45, 7) is 0.868. The zero-order chi connectivity index (χ0) is 25.3. The van der Waals surface area contributed by atoms with Crippen molar-refractivity contribution in [3.05, 3.63) is 83.4 Å². The summed E-state index contributed by atoms with van der Waals surface area (Å²) in [7, 11) is 0. The van der Waals surface area contributed by atoms with Crippen LogP contribution in [-0.2, 0) is 0 Å². The maximum Gasteiger partial charge on any atom is 0.401 e. The molecule has 2 saturated heterocycles. The molecule has 190 valence electrons. The molecule has 5 rings (SSSR count). The van der Waals surface area contributed by atoms with Crippen molar-refractivity contribution in [3.8, 4) is 5.69 Å². The highest BCUT2D eigenvalue weighted by Gasteiger charge is 2.36. The molecule has 0 unspecified atom stereocenters. The monoisotopic (exact) mass is 500 g/mol. The third-order valence-electron chi connectivity index (χ3n) is 7.23. The highest BCUT2D eigenvalue weighted by atomic mass is 19.4. The highest BCUT2D eigenvalue weighted by molar-refractivity contribution is 5.95. The van der Waals surface area contributed by atoms with Gasteiger partial charge in [-0.05, 0) is 62.2 Å². The van der Waals surface area contributed by atoms with Crippen LogP contribution in [0.25, 0.3) is 5.69 Å². The lowest BCUT2D eigenvalue weighted by atomic mass is 9.90. The Bertz CT molecular complexity index is 1180. The van der Waals surface area contributed by atoms with Crippen LogP contribution >= 0.6 is 0 Å². The Morgan fingerprint density at radius 1 is 0.917 bits per heavy atom. The molecule has 2 aromatic carbocycles. The molecule has 1 atom stereocenters. The quantitative estimate of drug-likeness (QED) is 0.442. The van der Waals surface area contributed by atoms with Gasteiger partial charge in [-0.2, -0.15) is 18.3 Å². The maximum atomic E-state index is 13.7. The summed E-state index contributed by atoms with van der Waals surface area (Å²) in [5, 5.41) is 4.49. The molecule has 0 saturated carbocycles. The number of hydrogen-bond acceptors (Lipinski definition) is 3. The molecule has 2 aliphatic rings. The standard InChI is InChI=1S/C27H28F4N4O/c28-22-6-8-23(9-7-22)35-25(20-10-13-33(14-11-20)18-27(29,30)31)24(16-32-35)26(36)34-15-12-21(17-34)19-4-2-1-3-5-19/h1-9,16,20-21H,10-15,17-18H2/t21-/m0/s1. The first-order valence-corrected chi connectivity index (χ1v) is 12.3. The first kappa shape index (κ1) is 24.5. The van der Waals surface area contributed by atoms with Gasteiger partial charge in [0.1, 0.15) is 5.82 Å². The minimum absolute atomic E-state index is 0.116. The van der Waals surface area contributed by atoms with Gasteiger partial charge in [-0.25, -0.2) is 9.07 Å². The van der Waals surface area contributed by atoms with E-state index in [9.17, 15) is 22.4 Å². The number of benzene rings is 2. The number of piperidine rings is 1. The third kappa shape index (κ3) is 5.31. The van der Waals surface area contributed by atoms with E-state index in [2.05, 4.69) is 17.2 Å². The minimum Gasteiger partial charge on any atom is -0.338 e. The molecule has 1 amide bonds. The smallest absolute Gasteiger partial charge is 0.338 e. The number of carbonyl (C=O) groups is 1. The number of amides is 1. The molecule has 36 heavy (non-hydrogen) atoms. The Kier molecular flexibility index (Phi) is 6.83. The van der Waals surface area contributed by atoms with Crippen LogP contribution in [-0.4, -0.2) is 64.4 Å². The van der Waals surface area contributed by atoms with Gasteiger partial charge >= 0.3 is 6.18 Å². The molecular formula is C27H28F4N4O. The van der Waals surface area contributed by atoms with Crippen molar-refractivity contribution >= 4 is 5.91 Å². The lowest BCUT2D eigenvalue weighted by Gasteiger charge is -2.33. The fourth-order valence-electron chi connectivity index (χ4n) is 5.43. The van der Waals surface area contributed by atoms with E-state index in [-0.39, 0.29) is 36.6 Å². The van der Waals surface area contributed by atoms with Gasteiger partial charge in [-0.1, -0.05) is 30.3 Å². The largest absolute Gasteiger partial charge is 0.401 e. The van der Waals surface area contributed by atoms with Gasteiger partial charge in [0.2, 0.25) is 0 Å². The number of nitrogens with zero attached hydrogens (tertiary/aromatic N) is 4. The molecule has 0 aliphatic carbocycles. The van der Waals surface area contributed by atoms with Crippen LogP contribution in [0.5, 0.6) is 0 Å². The Morgan fingerprint density at radius 3 is 2.25 bits per heavy atom.